The largest absolute Gasteiger partial charge is 0.478 e. The number of rotatable bonds is 8. The number of benzene rings is 3. The normalized spacial score (nSPS) is 11.1. The molecule has 0 aliphatic rings. The van der Waals surface area contributed by atoms with Crippen molar-refractivity contribution in [2.75, 3.05) is 10.8 Å². The quantitative estimate of drug-likeness (QED) is 0.425. The summed E-state index contributed by atoms with van der Waals surface area (Å²) in [5.74, 6) is -1.64. The van der Waals surface area contributed by atoms with Crippen LogP contribution in [0.1, 0.15) is 21.5 Å². The van der Waals surface area contributed by atoms with E-state index < -0.39 is 28.4 Å². The third-order valence-corrected chi connectivity index (χ3v) is 7.50. The number of hydrogen-bond acceptors (Lipinski definition) is 4. The fraction of sp³-hybridized carbons (Fsp3) is 0.130. The van der Waals surface area contributed by atoms with Crippen molar-refractivity contribution < 1.29 is 23.1 Å². The van der Waals surface area contributed by atoms with E-state index in [2.05, 4.69) is 21.2 Å². The minimum absolute atomic E-state index is 0.0122. The molecule has 0 radical (unpaired) electrons. The summed E-state index contributed by atoms with van der Waals surface area (Å²) in [7, 11) is -4.11. The highest BCUT2D eigenvalue weighted by molar-refractivity contribution is 9.10. The number of aromatic carboxylic acids is 1. The SMILES string of the molecule is Cc1c(Cl)cccc1N(CC(=O)NCc1cccc(C(=O)O)c1)S(=O)(=O)c1cccc(Br)c1. The number of sulfonamides is 1. The van der Waals surface area contributed by atoms with Gasteiger partial charge >= 0.3 is 5.97 Å². The molecule has 10 heteroatoms. The van der Waals surface area contributed by atoms with Crippen LogP contribution in [0.3, 0.4) is 0 Å². The fourth-order valence-electron chi connectivity index (χ4n) is 3.12. The minimum Gasteiger partial charge on any atom is -0.478 e. The van der Waals surface area contributed by atoms with Crippen molar-refractivity contribution in [1.82, 2.24) is 5.32 Å². The zero-order valence-corrected chi connectivity index (χ0v) is 20.6. The van der Waals surface area contributed by atoms with Gasteiger partial charge in [0.25, 0.3) is 10.0 Å². The summed E-state index contributed by atoms with van der Waals surface area (Å²) in [6.45, 7) is 1.23. The van der Waals surface area contributed by atoms with Crippen LogP contribution in [0, 0.1) is 6.92 Å². The molecule has 0 aromatic heterocycles. The molecule has 3 aromatic rings. The first-order valence-corrected chi connectivity index (χ1v) is 12.3. The Morgan fingerprint density at radius 1 is 1.06 bits per heavy atom. The monoisotopic (exact) mass is 550 g/mol. The standard InChI is InChI=1S/C23H20BrClN2O5S/c1-15-20(25)9-4-10-21(15)27(33(31,32)19-8-3-7-18(24)12-19)14-22(28)26-13-16-5-2-6-17(11-16)23(29)30/h2-12H,13-14H2,1H3,(H,26,28)(H,29,30). The molecule has 0 fully saturated rings. The number of nitrogens with one attached hydrogen (secondary N) is 1. The average molecular weight is 552 g/mol. The molecular formula is C23H20BrClN2O5S. The summed E-state index contributed by atoms with van der Waals surface area (Å²) in [6.07, 6.45) is 0. The van der Waals surface area contributed by atoms with Crippen molar-refractivity contribution in [1.29, 1.82) is 0 Å². The Labute approximate surface area is 205 Å². The van der Waals surface area contributed by atoms with Crippen LogP contribution in [0.15, 0.2) is 76.1 Å². The molecule has 0 bridgehead atoms. The number of carboxylic acids is 1. The molecule has 0 saturated carbocycles. The van der Waals surface area contributed by atoms with E-state index >= 15 is 0 Å². The van der Waals surface area contributed by atoms with Gasteiger partial charge in [-0.2, -0.15) is 0 Å². The first-order valence-electron chi connectivity index (χ1n) is 9.72. The van der Waals surface area contributed by atoms with E-state index in [4.69, 9.17) is 16.7 Å². The van der Waals surface area contributed by atoms with Gasteiger partial charge in [0.1, 0.15) is 6.54 Å². The second-order valence-electron chi connectivity index (χ2n) is 7.14. The molecule has 0 spiro atoms. The molecule has 0 aliphatic heterocycles. The lowest BCUT2D eigenvalue weighted by atomic mass is 10.1. The Hall–Kier alpha value is -2.88. The maximum Gasteiger partial charge on any atom is 0.335 e. The lowest BCUT2D eigenvalue weighted by molar-refractivity contribution is -0.119. The summed E-state index contributed by atoms with van der Waals surface area (Å²) < 4.78 is 28.6. The second kappa shape index (κ2) is 10.4. The number of anilines is 1. The zero-order valence-electron chi connectivity index (χ0n) is 17.5. The highest BCUT2D eigenvalue weighted by Gasteiger charge is 2.29. The second-order valence-corrected chi connectivity index (χ2v) is 10.3. The van der Waals surface area contributed by atoms with Crippen LogP contribution in [0.4, 0.5) is 5.69 Å². The number of carbonyl (C=O) groups is 2. The molecule has 0 saturated heterocycles. The lowest BCUT2D eigenvalue weighted by Gasteiger charge is -2.26. The highest BCUT2D eigenvalue weighted by atomic mass is 79.9. The van der Waals surface area contributed by atoms with Gasteiger partial charge in [0.15, 0.2) is 0 Å². The van der Waals surface area contributed by atoms with Gasteiger partial charge in [0, 0.05) is 16.0 Å². The van der Waals surface area contributed by atoms with Gasteiger partial charge in [-0.25, -0.2) is 13.2 Å². The molecule has 0 heterocycles. The van der Waals surface area contributed by atoms with E-state index in [0.29, 0.717) is 20.6 Å². The van der Waals surface area contributed by atoms with E-state index in [9.17, 15) is 18.0 Å². The van der Waals surface area contributed by atoms with Gasteiger partial charge < -0.3 is 10.4 Å². The van der Waals surface area contributed by atoms with Crippen LogP contribution in [0.2, 0.25) is 5.02 Å². The van der Waals surface area contributed by atoms with Crippen molar-refractivity contribution in [3.63, 3.8) is 0 Å². The average Bonchev–Trinajstić information content (AvgIpc) is 2.78. The topological polar surface area (TPSA) is 104 Å². The van der Waals surface area contributed by atoms with Gasteiger partial charge in [-0.05, 0) is 60.5 Å². The maximum absolute atomic E-state index is 13.5. The first kappa shape index (κ1) is 24.8. The predicted molar refractivity (Wildman–Crippen MR) is 130 cm³/mol. The van der Waals surface area contributed by atoms with Gasteiger partial charge in [0.05, 0.1) is 16.1 Å². The van der Waals surface area contributed by atoms with Crippen molar-refractivity contribution in [3.8, 4) is 0 Å². The van der Waals surface area contributed by atoms with Crippen LogP contribution in [0.5, 0.6) is 0 Å². The van der Waals surface area contributed by atoms with Crippen LogP contribution in [-0.4, -0.2) is 31.9 Å². The van der Waals surface area contributed by atoms with Crippen LogP contribution >= 0.6 is 27.5 Å². The van der Waals surface area contributed by atoms with Crippen molar-refractivity contribution in [2.45, 2.75) is 18.4 Å². The third-order valence-electron chi connectivity index (χ3n) is 4.84. The van der Waals surface area contributed by atoms with E-state index in [1.807, 2.05) is 0 Å². The molecule has 1 amide bonds. The van der Waals surface area contributed by atoms with Crippen LogP contribution in [0.25, 0.3) is 0 Å². The molecule has 0 aliphatic carbocycles. The molecule has 172 valence electrons. The fourth-order valence-corrected chi connectivity index (χ4v) is 5.37. The molecular weight excluding hydrogens is 532 g/mol. The van der Waals surface area contributed by atoms with Crippen LogP contribution < -0.4 is 9.62 Å². The third kappa shape index (κ3) is 5.93. The molecule has 2 N–H and O–H groups in total. The summed E-state index contributed by atoms with van der Waals surface area (Å²) in [5, 5.41) is 12.1. The number of carboxylic acid groups (broad SMARTS) is 1. The maximum atomic E-state index is 13.5. The molecule has 0 atom stereocenters. The predicted octanol–water partition coefficient (Wildman–Crippen LogP) is 4.62. The summed E-state index contributed by atoms with van der Waals surface area (Å²) in [6, 6.07) is 17.2. The highest BCUT2D eigenvalue weighted by Crippen LogP contribution is 2.31. The Morgan fingerprint density at radius 2 is 1.76 bits per heavy atom. The van der Waals surface area contributed by atoms with Gasteiger partial charge in [-0.1, -0.05) is 51.8 Å². The summed E-state index contributed by atoms with van der Waals surface area (Å²) in [5.41, 5.74) is 1.46. The number of hydrogen-bond donors (Lipinski definition) is 2. The van der Waals surface area contributed by atoms with E-state index in [-0.39, 0.29) is 22.7 Å². The Balaban J connectivity index is 1.90. The first-order chi connectivity index (χ1) is 15.6. The van der Waals surface area contributed by atoms with E-state index in [1.165, 1.54) is 24.3 Å². The van der Waals surface area contributed by atoms with Crippen molar-refractivity contribution in [3.05, 3.63) is 92.9 Å². The number of carbonyl (C=O) groups excluding carboxylic acids is 1. The number of halogens is 2. The van der Waals surface area contributed by atoms with Crippen molar-refractivity contribution in [2.24, 2.45) is 0 Å². The van der Waals surface area contributed by atoms with Gasteiger partial charge in [-0.15, -0.1) is 0 Å². The Morgan fingerprint density at radius 3 is 2.45 bits per heavy atom. The Bertz CT molecular complexity index is 1310. The molecule has 3 aromatic carbocycles. The molecule has 33 heavy (non-hydrogen) atoms. The summed E-state index contributed by atoms with van der Waals surface area (Å²) >= 11 is 9.50. The molecule has 3 rings (SSSR count). The lowest BCUT2D eigenvalue weighted by Crippen LogP contribution is -2.41. The molecule has 7 nitrogen and oxygen atoms in total. The van der Waals surface area contributed by atoms with Gasteiger partial charge in [0.2, 0.25) is 5.91 Å². The molecule has 0 unspecified atom stereocenters. The minimum atomic E-state index is -4.11. The van der Waals surface area contributed by atoms with Crippen LogP contribution in [-0.2, 0) is 21.4 Å². The van der Waals surface area contributed by atoms with E-state index in [1.54, 1.807) is 49.4 Å². The Kier molecular flexibility index (Phi) is 7.78. The van der Waals surface area contributed by atoms with Crippen molar-refractivity contribution >= 4 is 55.1 Å². The number of nitrogens with zero attached hydrogens (tertiary/aromatic N) is 1. The smallest absolute Gasteiger partial charge is 0.335 e. The van der Waals surface area contributed by atoms with Gasteiger partial charge in [-0.3, -0.25) is 9.10 Å². The number of amides is 1. The zero-order chi connectivity index (χ0) is 24.2. The summed E-state index contributed by atoms with van der Waals surface area (Å²) in [4.78, 5) is 23.9. The van der Waals surface area contributed by atoms with E-state index in [0.717, 1.165) is 4.31 Å².